The van der Waals surface area contributed by atoms with E-state index in [0.29, 0.717) is 27.8 Å². The third-order valence-electron chi connectivity index (χ3n) is 5.72. The van der Waals surface area contributed by atoms with E-state index in [0.717, 1.165) is 11.1 Å². The van der Waals surface area contributed by atoms with E-state index in [1.807, 2.05) is 32.0 Å². The second-order valence-corrected chi connectivity index (χ2v) is 8.33. The first kappa shape index (κ1) is 22.1. The monoisotopic (exact) mass is 446 g/mol. The van der Waals surface area contributed by atoms with Crippen molar-refractivity contribution in [2.24, 2.45) is 7.05 Å². The molecule has 0 fully saturated rings. The Balaban J connectivity index is 1.98. The van der Waals surface area contributed by atoms with E-state index in [4.69, 9.17) is 4.74 Å². The number of hydrogen-bond acceptors (Lipinski definition) is 4. The molecule has 1 N–H and O–H groups in total. The number of fused-ring (bicyclic) bond motifs is 1. The van der Waals surface area contributed by atoms with Crippen LogP contribution in [0.1, 0.15) is 11.1 Å². The van der Waals surface area contributed by atoms with Gasteiger partial charge in [0.1, 0.15) is 17.8 Å². The number of aromatic nitrogens is 3. The zero-order chi connectivity index (χ0) is 23.9. The number of nitrogens with one attached hydrogen (secondary N) is 1. The number of pyridine rings is 2. The first-order valence-electron chi connectivity index (χ1n) is 10.5. The summed E-state index contributed by atoms with van der Waals surface area (Å²) in [5.74, 6) is 0.475. The van der Waals surface area contributed by atoms with Crippen molar-refractivity contribution in [1.82, 2.24) is 19.0 Å². The van der Waals surface area contributed by atoms with E-state index in [1.54, 1.807) is 51.9 Å². The molecule has 3 heterocycles. The summed E-state index contributed by atoms with van der Waals surface area (Å²) in [7, 11) is 4.95. The lowest BCUT2D eigenvalue weighted by atomic mass is 10.0. The molecule has 0 atom stereocenters. The summed E-state index contributed by atoms with van der Waals surface area (Å²) in [6, 6.07) is 9.30. The molecule has 0 aliphatic heterocycles. The number of ether oxygens (including phenoxy) is 1. The molecule has 8 nitrogen and oxygen atoms in total. The molecular weight excluding hydrogens is 420 g/mol. The summed E-state index contributed by atoms with van der Waals surface area (Å²) >= 11 is 0. The van der Waals surface area contributed by atoms with Crippen molar-refractivity contribution in [2.75, 3.05) is 14.1 Å². The molecule has 4 rings (SSSR count). The van der Waals surface area contributed by atoms with Crippen LogP contribution in [0, 0.1) is 13.8 Å². The first-order valence-corrected chi connectivity index (χ1v) is 10.5. The third kappa shape index (κ3) is 3.95. The fraction of sp³-hybridized carbons (Fsp3) is 0.240. The van der Waals surface area contributed by atoms with Gasteiger partial charge in [0.05, 0.1) is 0 Å². The Hall–Kier alpha value is -4.07. The summed E-state index contributed by atoms with van der Waals surface area (Å²) in [4.78, 5) is 42.8. The zero-order valence-electron chi connectivity index (χ0n) is 19.3. The van der Waals surface area contributed by atoms with Crippen LogP contribution >= 0.6 is 0 Å². The minimum Gasteiger partial charge on any atom is -0.450 e. The van der Waals surface area contributed by atoms with Gasteiger partial charge in [-0.15, -0.1) is 0 Å². The summed E-state index contributed by atoms with van der Waals surface area (Å²) in [5, 5.41) is 0.686. The van der Waals surface area contributed by atoms with Crippen LogP contribution in [-0.4, -0.2) is 39.0 Å². The molecule has 1 aromatic carbocycles. The van der Waals surface area contributed by atoms with Crippen LogP contribution < -0.4 is 15.9 Å². The standard InChI is InChI=1S/C25H26N4O4/c1-15-7-6-8-16(2)22(15)33-23-18(10-12-29(25(23)32)14-20(30)27(3)4)19-13-28(5)24(31)21-17(19)9-11-26-21/h6-13,26H,14H2,1-5H3. The Bertz CT molecular complexity index is 1470. The van der Waals surface area contributed by atoms with Gasteiger partial charge in [0.15, 0.2) is 0 Å². The summed E-state index contributed by atoms with van der Waals surface area (Å²) < 4.78 is 9.09. The second kappa shape index (κ2) is 8.46. The van der Waals surface area contributed by atoms with Crippen molar-refractivity contribution in [3.05, 3.63) is 80.8 Å². The summed E-state index contributed by atoms with van der Waals surface area (Å²) in [6.45, 7) is 3.72. The second-order valence-electron chi connectivity index (χ2n) is 8.33. The van der Waals surface area contributed by atoms with Gasteiger partial charge in [-0.1, -0.05) is 18.2 Å². The van der Waals surface area contributed by atoms with Gasteiger partial charge >= 0.3 is 0 Å². The van der Waals surface area contributed by atoms with Crippen molar-refractivity contribution in [3.63, 3.8) is 0 Å². The number of para-hydroxylation sites is 1. The molecule has 0 radical (unpaired) electrons. The van der Waals surface area contributed by atoms with Gasteiger partial charge < -0.3 is 23.8 Å². The molecule has 33 heavy (non-hydrogen) atoms. The number of aromatic amines is 1. The van der Waals surface area contributed by atoms with Crippen molar-refractivity contribution >= 4 is 16.8 Å². The predicted molar refractivity (Wildman–Crippen MR) is 128 cm³/mol. The Kier molecular flexibility index (Phi) is 5.68. The van der Waals surface area contributed by atoms with Gasteiger partial charge in [0.2, 0.25) is 11.7 Å². The Morgan fingerprint density at radius 3 is 2.36 bits per heavy atom. The quantitative estimate of drug-likeness (QED) is 0.510. The summed E-state index contributed by atoms with van der Waals surface area (Å²) in [5.41, 5.74) is 2.83. The molecule has 170 valence electrons. The molecule has 0 saturated carbocycles. The number of H-pyrrole nitrogens is 1. The average molecular weight is 447 g/mol. The van der Waals surface area contributed by atoms with Gasteiger partial charge in [-0.3, -0.25) is 14.4 Å². The number of aryl methyl sites for hydroxylation is 3. The van der Waals surface area contributed by atoms with Crippen LogP contribution in [0.5, 0.6) is 11.5 Å². The minimum absolute atomic E-state index is 0.0996. The van der Waals surface area contributed by atoms with Crippen molar-refractivity contribution < 1.29 is 9.53 Å². The number of hydrogen-bond donors (Lipinski definition) is 1. The summed E-state index contributed by atoms with van der Waals surface area (Å²) in [6.07, 6.45) is 4.97. The molecule has 0 bridgehead atoms. The molecule has 0 aliphatic carbocycles. The molecule has 1 amide bonds. The van der Waals surface area contributed by atoms with Crippen molar-refractivity contribution in [1.29, 1.82) is 0 Å². The molecule has 0 unspecified atom stereocenters. The largest absolute Gasteiger partial charge is 0.450 e. The van der Waals surface area contributed by atoms with Crippen LogP contribution in [0.15, 0.2) is 58.5 Å². The lowest BCUT2D eigenvalue weighted by molar-refractivity contribution is -0.129. The molecule has 0 saturated heterocycles. The van der Waals surface area contributed by atoms with Gasteiger partial charge in [-0.05, 0) is 37.1 Å². The molecule has 8 heteroatoms. The van der Waals surface area contributed by atoms with Crippen molar-refractivity contribution in [3.8, 4) is 22.6 Å². The number of amides is 1. The van der Waals surface area contributed by atoms with E-state index in [1.165, 1.54) is 14.0 Å². The average Bonchev–Trinajstić information content (AvgIpc) is 3.26. The normalized spacial score (nSPS) is 11.1. The van der Waals surface area contributed by atoms with Crippen LogP contribution in [0.4, 0.5) is 0 Å². The predicted octanol–water partition coefficient (Wildman–Crippen LogP) is 3.19. The van der Waals surface area contributed by atoms with Crippen LogP contribution in [0.25, 0.3) is 22.0 Å². The van der Waals surface area contributed by atoms with Gasteiger partial charge in [-0.25, -0.2) is 0 Å². The maximum absolute atomic E-state index is 13.6. The van der Waals surface area contributed by atoms with E-state index >= 15 is 0 Å². The highest BCUT2D eigenvalue weighted by Gasteiger charge is 2.21. The number of nitrogens with zero attached hydrogens (tertiary/aromatic N) is 3. The zero-order valence-corrected chi connectivity index (χ0v) is 19.3. The number of benzene rings is 1. The fourth-order valence-corrected chi connectivity index (χ4v) is 3.82. The van der Waals surface area contributed by atoms with E-state index in [9.17, 15) is 14.4 Å². The molecule has 4 aromatic rings. The van der Waals surface area contributed by atoms with Gasteiger partial charge in [-0.2, -0.15) is 0 Å². The smallest absolute Gasteiger partial charge is 0.294 e. The third-order valence-corrected chi connectivity index (χ3v) is 5.72. The number of likely N-dealkylation sites (N-methyl/N-ethyl adjacent to an activating group) is 1. The highest BCUT2D eigenvalue weighted by Crippen LogP contribution is 2.36. The maximum Gasteiger partial charge on any atom is 0.294 e. The first-order chi connectivity index (χ1) is 15.7. The van der Waals surface area contributed by atoms with E-state index < -0.39 is 5.56 Å². The minimum atomic E-state index is -0.428. The lowest BCUT2D eigenvalue weighted by Gasteiger charge is -2.18. The highest BCUT2D eigenvalue weighted by molar-refractivity contribution is 5.95. The molecular formula is C25H26N4O4. The molecule has 0 aliphatic rings. The highest BCUT2D eigenvalue weighted by atomic mass is 16.5. The number of carbonyl (C=O) groups is 1. The Morgan fingerprint density at radius 1 is 1.00 bits per heavy atom. The fourth-order valence-electron chi connectivity index (χ4n) is 3.82. The maximum atomic E-state index is 13.6. The Labute approximate surface area is 190 Å². The molecule has 0 spiro atoms. The van der Waals surface area contributed by atoms with Gasteiger partial charge in [0.25, 0.3) is 11.1 Å². The van der Waals surface area contributed by atoms with E-state index in [-0.39, 0.29) is 23.8 Å². The topological polar surface area (TPSA) is 89.3 Å². The van der Waals surface area contributed by atoms with E-state index in [2.05, 4.69) is 4.98 Å². The number of rotatable bonds is 5. The number of carbonyl (C=O) groups excluding carboxylic acids is 1. The molecule has 3 aromatic heterocycles. The van der Waals surface area contributed by atoms with Crippen LogP contribution in [0.2, 0.25) is 0 Å². The van der Waals surface area contributed by atoms with Crippen molar-refractivity contribution in [2.45, 2.75) is 20.4 Å². The van der Waals surface area contributed by atoms with Crippen LogP contribution in [0.3, 0.4) is 0 Å². The Morgan fingerprint density at radius 2 is 1.70 bits per heavy atom. The lowest BCUT2D eigenvalue weighted by Crippen LogP contribution is -2.31. The van der Waals surface area contributed by atoms with Crippen LogP contribution in [-0.2, 0) is 18.4 Å². The SMILES string of the molecule is Cc1cccc(C)c1Oc1c(-c2cn(C)c(=O)c3[nH]ccc23)ccn(CC(=O)N(C)C)c1=O. The van der Waals surface area contributed by atoms with Gasteiger partial charge in [0, 0.05) is 56.2 Å².